The Morgan fingerprint density at radius 1 is 1.28 bits per heavy atom. The SMILES string of the molecule is CC(C)(C)CS(=O)(=O)c1cc(Br)c2[nH]ccc2c1. The van der Waals surface area contributed by atoms with Crippen LogP contribution in [-0.4, -0.2) is 19.2 Å². The molecule has 2 aromatic rings. The Bertz CT molecular complexity index is 681. The Balaban J connectivity index is 2.54. The monoisotopic (exact) mass is 329 g/mol. The predicted octanol–water partition coefficient (Wildman–Crippen LogP) is 3.75. The molecule has 0 bridgehead atoms. The first-order valence-corrected chi connectivity index (χ1v) is 8.13. The Labute approximate surface area is 116 Å². The van der Waals surface area contributed by atoms with Crippen molar-refractivity contribution in [3.8, 4) is 0 Å². The van der Waals surface area contributed by atoms with E-state index in [1.165, 1.54) is 0 Å². The zero-order valence-corrected chi connectivity index (χ0v) is 13.0. The van der Waals surface area contributed by atoms with Crippen LogP contribution in [0.4, 0.5) is 0 Å². The van der Waals surface area contributed by atoms with Crippen molar-refractivity contribution >= 4 is 36.7 Å². The molecule has 3 nitrogen and oxygen atoms in total. The van der Waals surface area contributed by atoms with E-state index in [9.17, 15) is 8.42 Å². The van der Waals surface area contributed by atoms with E-state index in [1.54, 1.807) is 18.3 Å². The minimum Gasteiger partial charge on any atom is -0.360 e. The molecule has 0 atom stereocenters. The molecule has 0 unspecified atom stereocenters. The molecule has 0 radical (unpaired) electrons. The number of benzene rings is 1. The second kappa shape index (κ2) is 4.38. The van der Waals surface area contributed by atoms with E-state index in [0.717, 1.165) is 15.4 Å². The summed E-state index contributed by atoms with van der Waals surface area (Å²) in [7, 11) is -3.25. The second-order valence-electron chi connectivity index (χ2n) is 5.67. The minimum atomic E-state index is -3.25. The number of halogens is 1. The maximum absolute atomic E-state index is 12.3. The molecule has 0 aliphatic rings. The van der Waals surface area contributed by atoms with E-state index in [-0.39, 0.29) is 11.2 Å². The molecule has 98 valence electrons. The second-order valence-corrected chi connectivity index (χ2v) is 8.51. The van der Waals surface area contributed by atoms with Gasteiger partial charge in [-0.1, -0.05) is 20.8 Å². The van der Waals surface area contributed by atoms with E-state index < -0.39 is 9.84 Å². The highest BCUT2D eigenvalue weighted by molar-refractivity contribution is 9.10. The fourth-order valence-electron chi connectivity index (χ4n) is 1.93. The third kappa shape index (κ3) is 2.78. The van der Waals surface area contributed by atoms with Crippen LogP contribution in [0.25, 0.3) is 10.9 Å². The first-order valence-electron chi connectivity index (χ1n) is 5.68. The van der Waals surface area contributed by atoms with Crippen LogP contribution in [0.3, 0.4) is 0 Å². The van der Waals surface area contributed by atoms with Crippen LogP contribution in [0.5, 0.6) is 0 Å². The number of nitrogens with one attached hydrogen (secondary N) is 1. The third-order valence-electron chi connectivity index (χ3n) is 2.57. The normalized spacial score (nSPS) is 13.1. The van der Waals surface area contributed by atoms with Gasteiger partial charge in [0.15, 0.2) is 9.84 Å². The first-order chi connectivity index (χ1) is 8.19. The number of aromatic amines is 1. The van der Waals surface area contributed by atoms with Crippen LogP contribution in [0.15, 0.2) is 33.8 Å². The lowest BCUT2D eigenvalue weighted by Gasteiger charge is -2.18. The van der Waals surface area contributed by atoms with E-state index in [1.807, 2.05) is 26.8 Å². The Hall–Kier alpha value is -0.810. The summed E-state index contributed by atoms with van der Waals surface area (Å²) in [5, 5.41) is 0.900. The molecule has 0 aliphatic heterocycles. The molecule has 0 saturated heterocycles. The van der Waals surface area contributed by atoms with Gasteiger partial charge in [-0.2, -0.15) is 0 Å². The van der Waals surface area contributed by atoms with E-state index in [0.29, 0.717) is 4.90 Å². The largest absolute Gasteiger partial charge is 0.360 e. The number of rotatable bonds is 2. The minimum absolute atomic E-state index is 0.141. The van der Waals surface area contributed by atoms with Crippen molar-refractivity contribution < 1.29 is 8.42 Å². The molecule has 0 aliphatic carbocycles. The maximum Gasteiger partial charge on any atom is 0.178 e. The summed E-state index contributed by atoms with van der Waals surface area (Å²) in [5.74, 6) is 0.141. The third-order valence-corrected chi connectivity index (χ3v) is 5.39. The number of fused-ring (bicyclic) bond motifs is 1. The Kier molecular flexibility index (Phi) is 3.32. The molecule has 1 aromatic heterocycles. The summed E-state index contributed by atoms with van der Waals surface area (Å²) in [6, 6.07) is 5.26. The highest BCUT2D eigenvalue weighted by Crippen LogP contribution is 2.29. The van der Waals surface area contributed by atoms with Crippen LogP contribution in [-0.2, 0) is 9.84 Å². The molecule has 0 amide bonds. The lowest BCUT2D eigenvalue weighted by molar-refractivity contribution is 0.462. The van der Waals surface area contributed by atoms with Crippen molar-refractivity contribution in [2.24, 2.45) is 5.41 Å². The van der Waals surface area contributed by atoms with Gasteiger partial charge in [0.2, 0.25) is 0 Å². The molecule has 0 fully saturated rings. The topological polar surface area (TPSA) is 49.9 Å². The molecule has 18 heavy (non-hydrogen) atoms. The van der Waals surface area contributed by atoms with Crippen molar-refractivity contribution in [1.29, 1.82) is 0 Å². The van der Waals surface area contributed by atoms with Crippen LogP contribution >= 0.6 is 15.9 Å². The molecule has 1 aromatic carbocycles. The summed E-state index contributed by atoms with van der Waals surface area (Å²) in [4.78, 5) is 3.44. The van der Waals surface area contributed by atoms with E-state index in [4.69, 9.17) is 0 Å². The lowest BCUT2D eigenvalue weighted by Crippen LogP contribution is -2.20. The zero-order valence-electron chi connectivity index (χ0n) is 10.6. The standard InChI is InChI=1S/C13H16BrNO2S/c1-13(2,3)8-18(16,17)10-6-9-4-5-15-12(9)11(14)7-10/h4-7,15H,8H2,1-3H3. The van der Waals surface area contributed by atoms with Gasteiger partial charge >= 0.3 is 0 Å². The number of sulfone groups is 1. The van der Waals surface area contributed by atoms with Gasteiger partial charge < -0.3 is 4.98 Å². The molecule has 1 N–H and O–H groups in total. The van der Waals surface area contributed by atoms with Crippen molar-refractivity contribution in [2.45, 2.75) is 25.7 Å². The van der Waals surface area contributed by atoms with Crippen molar-refractivity contribution in [1.82, 2.24) is 4.98 Å². The van der Waals surface area contributed by atoms with E-state index in [2.05, 4.69) is 20.9 Å². The Morgan fingerprint density at radius 2 is 1.94 bits per heavy atom. The smallest absolute Gasteiger partial charge is 0.178 e. The molecule has 0 saturated carbocycles. The molecule has 2 rings (SSSR count). The maximum atomic E-state index is 12.3. The average Bonchev–Trinajstić information content (AvgIpc) is 2.61. The van der Waals surface area contributed by atoms with Crippen LogP contribution in [0.1, 0.15) is 20.8 Å². The van der Waals surface area contributed by atoms with Crippen LogP contribution < -0.4 is 0 Å². The lowest BCUT2D eigenvalue weighted by atomic mass is 10.0. The fourth-order valence-corrected chi connectivity index (χ4v) is 4.59. The highest BCUT2D eigenvalue weighted by atomic mass is 79.9. The van der Waals surface area contributed by atoms with Gasteiger partial charge in [-0.3, -0.25) is 0 Å². The quantitative estimate of drug-likeness (QED) is 0.912. The van der Waals surface area contributed by atoms with Crippen molar-refractivity contribution in [2.75, 3.05) is 5.75 Å². The molecule has 0 spiro atoms. The first kappa shape index (κ1) is 13.6. The highest BCUT2D eigenvalue weighted by Gasteiger charge is 2.24. The van der Waals surface area contributed by atoms with Crippen molar-refractivity contribution in [3.05, 3.63) is 28.9 Å². The van der Waals surface area contributed by atoms with Gasteiger partial charge in [0.25, 0.3) is 0 Å². The predicted molar refractivity (Wildman–Crippen MR) is 77.5 cm³/mol. The Morgan fingerprint density at radius 3 is 2.56 bits per heavy atom. The summed E-state index contributed by atoms with van der Waals surface area (Å²) in [5.41, 5.74) is 0.669. The number of H-pyrrole nitrogens is 1. The number of hydrogen-bond acceptors (Lipinski definition) is 2. The molecular weight excluding hydrogens is 314 g/mol. The fraction of sp³-hybridized carbons (Fsp3) is 0.385. The summed E-state index contributed by atoms with van der Waals surface area (Å²) in [6.07, 6.45) is 1.80. The summed E-state index contributed by atoms with van der Waals surface area (Å²) >= 11 is 3.40. The van der Waals surface area contributed by atoms with E-state index >= 15 is 0 Å². The van der Waals surface area contributed by atoms with Crippen molar-refractivity contribution in [3.63, 3.8) is 0 Å². The van der Waals surface area contributed by atoms with Gasteiger partial charge in [0, 0.05) is 16.1 Å². The summed E-state index contributed by atoms with van der Waals surface area (Å²) in [6.45, 7) is 5.78. The zero-order chi connectivity index (χ0) is 13.6. The average molecular weight is 330 g/mol. The molecular formula is C13H16BrNO2S. The van der Waals surface area contributed by atoms with Gasteiger partial charge in [-0.15, -0.1) is 0 Å². The van der Waals surface area contributed by atoms with Gasteiger partial charge in [0.05, 0.1) is 16.2 Å². The van der Waals surface area contributed by atoms with Gasteiger partial charge in [-0.05, 0) is 39.5 Å². The van der Waals surface area contributed by atoms with Crippen LogP contribution in [0, 0.1) is 5.41 Å². The summed E-state index contributed by atoms with van der Waals surface area (Å²) < 4.78 is 25.4. The molecule has 1 heterocycles. The van der Waals surface area contributed by atoms with Crippen LogP contribution in [0.2, 0.25) is 0 Å². The number of hydrogen-bond donors (Lipinski definition) is 1. The molecule has 5 heteroatoms. The van der Waals surface area contributed by atoms with Gasteiger partial charge in [-0.25, -0.2) is 8.42 Å². The number of aromatic nitrogens is 1. The van der Waals surface area contributed by atoms with Gasteiger partial charge in [0.1, 0.15) is 0 Å².